The van der Waals surface area contributed by atoms with Crippen LogP contribution in [0.3, 0.4) is 0 Å². The van der Waals surface area contributed by atoms with Crippen LogP contribution in [0.1, 0.15) is 11.7 Å². The molecule has 0 bridgehead atoms. The Morgan fingerprint density at radius 2 is 1.87 bits per heavy atom. The quantitative estimate of drug-likeness (QED) is 0.836. The first-order chi connectivity index (χ1) is 6.99. The van der Waals surface area contributed by atoms with Gasteiger partial charge in [0.25, 0.3) is 0 Å². The molecule has 1 aromatic rings. The molecule has 2 N–H and O–H groups in total. The fourth-order valence-electron chi connectivity index (χ4n) is 1.21. The van der Waals surface area contributed by atoms with Crippen LogP contribution < -0.4 is 10.5 Å². The van der Waals surface area contributed by atoms with E-state index >= 15 is 0 Å². The lowest BCUT2D eigenvalue weighted by Gasteiger charge is -2.22. The molecule has 84 valence electrons. The summed E-state index contributed by atoms with van der Waals surface area (Å²) in [4.78, 5) is 1.85. The van der Waals surface area contributed by atoms with Crippen molar-refractivity contribution >= 4 is 23.2 Å². The highest BCUT2D eigenvalue weighted by molar-refractivity contribution is 6.43. The van der Waals surface area contributed by atoms with Gasteiger partial charge in [0.2, 0.25) is 0 Å². The molecule has 1 aromatic carbocycles. The van der Waals surface area contributed by atoms with Crippen LogP contribution in [-0.4, -0.2) is 26.1 Å². The highest BCUT2D eigenvalue weighted by Gasteiger charge is 2.16. The number of hydrogen-bond acceptors (Lipinski definition) is 3. The molecule has 3 nitrogen and oxygen atoms in total. The van der Waals surface area contributed by atoms with Crippen LogP contribution in [0.4, 0.5) is 0 Å². The zero-order chi connectivity index (χ0) is 11.6. The first-order valence-corrected chi connectivity index (χ1v) is 5.18. The maximum absolute atomic E-state index is 6.10. The van der Waals surface area contributed by atoms with E-state index < -0.39 is 0 Å². The molecule has 0 aliphatic carbocycles. The van der Waals surface area contributed by atoms with Gasteiger partial charge in [0.15, 0.2) is 0 Å². The smallest absolute Gasteiger partial charge is 0.139 e. The first kappa shape index (κ1) is 12.6. The fourth-order valence-corrected chi connectivity index (χ4v) is 1.73. The van der Waals surface area contributed by atoms with Gasteiger partial charge in [0.05, 0.1) is 18.3 Å². The highest BCUT2D eigenvalue weighted by Crippen LogP contribution is 2.36. The van der Waals surface area contributed by atoms with E-state index in [0.717, 1.165) is 5.56 Å². The van der Waals surface area contributed by atoms with Crippen molar-refractivity contribution in [2.24, 2.45) is 5.73 Å². The number of halogens is 2. The van der Waals surface area contributed by atoms with Crippen molar-refractivity contribution in [2.45, 2.75) is 6.17 Å². The van der Waals surface area contributed by atoms with Crippen molar-refractivity contribution in [2.75, 3.05) is 21.2 Å². The van der Waals surface area contributed by atoms with E-state index in [1.165, 1.54) is 0 Å². The van der Waals surface area contributed by atoms with E-state index in [9.17, 15) is 0 Å². The Bertz CT molecular complexity index is 356. The Labute approximate surface area is 99.7 Å². The van der Waals surface area contributed by atoms with E-state index in [0.29, 0.717) is 15.8 Å². The SMILES string of the molecule is COc1ccc(C(N)N(C)C)c(Cl)c1Cl. The molecule has 0 saturated heterocycles. The fraction of sp³-hybridized carbons (Fsp3) is 0.400. The highest BCUT2D eigenvalue weighted by atomic mass is 35.5. The normalized spacial score (nSPS) is 13.0. The van der Waals surface area contributed by atoms with Crippen LogP contribution in [0.15, 0.2) is 12.1 Å². The van der Waals surface area contributed by atoms with Crippen LogP contribution in [0, 0.1) is 0 Å². The summed E-state index contributed by atoms with van der Waals surface area (Å²) in [6.45, 7) is 0. The minimum atomic E-state index is -0.277. The van der Waals surface area contributed by atoms with Gasteiger partial charge in [-0.15, -0.1) is 0 Å². The minimum absolute atomic E-state index is 0.277. The van der Waals surface area contributed by atoms with Gasteiger partial charge >= 0.3 is 0 Å². The van der Waals surface area contributed by atoms with Gasteiger partial charge in [0.1, 0.15) is 10.8 Å². The number of methoxy groups -OCH3 is 1. The van der Waals surface area contributed by atoms with Crippen molar-refractivity contribution in [1.29, 1.82) is 0 Å². The lowest BCUT2D eigenvalue weighted by molar-refractivity contribution is 0.307. The van der Waals surface area contributed by atoms with E-state index in [4.69, 9.17) is 33.7 Å². The maximum Gasteiger partial charge on any atom is 0.139 e. The van der Waals surface area contributed by atoms with Gasteiger partial charge < -0.3 is 10.5 Å². The molecule has 0 aromatic heterocycles. The molecule has 0 saturated carbocycles. The predicted molar refractivity (Wildman–Crippen MR) is 63.6 cm³/mol. The molecule has 0 fully saturated rings. The van der Waals surface area contributed by atoms with Crippen molar-refractivity contribution in [3.63, 3.8) is 0 Å². The molecule has 1 atom stereocenters. The number of benzene rings is 1. The summed E-state index contributed by atoms with van der Waals surface area (Å²) >= 11 is 12.1. The van der Waals surface area contributed by atoms with Crippen LogP contribution in [0.25, 0.3) is 0 Å². The van der Waals surface area contributed by atoms with Gasteiger partial charge in [-0.3, -0.25) is 4.90 Å². The Balaban J connectivity index is 3.17. The zero-order valence-corrected chi connectivity index (χ0v) is 10.4. The topological polar surface area (TPSA) is 38.5 Å². The summed E-state index contributed by atoms with van der Waals surface area (Å²) < 4.78 is 5.05. The molecule has 15 heavy (non-hydrogen) atoms. The molecule has 0 radical (unpaired) electrons. The summed E-state index contributed by atoms with van der Waals surface area (Å²) in [7, 11) is 5.29. The minimum Gasteiger partial charge on any atom is -0.495 e. The largest absolute Gasteiger partial charge is 0.495 e. The Hall–Kier alpha value is -0.480. The molecule has 0 spiro atoms. The third-order valence-corrected chi connectivity index (χ3v) is 3.05. The molecular formula is C10H14Cl2N2O. The van der Waals surface area contributed by atoms with E-state index in [1.807, 2.05) is 25.1 Å². The lowest BCUT2D eigenvalue weighted by atomic mass is 10.1. The molecule has 5 heteroatoms. The van der Waals surface area contributed by atoms with E-state index in [-0.39, 0.29) is 6.17 Å². The van der Waals surface area contributed by atoms with E-state index in [1.54, 1.807) is 13.2 Å². The molecule has 1 rings (SSSR count). The number of rotatable bonds is 3. The standard InChI is InChI=1S/C10H14Cl2N2O/c1-14(2)10(13)6-4-5-7(15-3)9(12)8(6)11/h4-5,10H,13H2,1-3H3. The molecular weight excluding hydrogens is 235 g/mol. The van der Waals surface area contributed by atoms with Gasteiger partial charge in [-0.05, 0) is 20.2 Å². The van der Waals surface area contributed by atoms with Crippen LogP contribution in [-0.2, 0) is 0 Å². The Morgan fingerprint density at radius 1 is 1.27 bits per heavy atom. The number of ether oxygens (including phenoxy) is 1. The van der Waals surface area contributed by atoms with Crippen LogP contribution in [0.2, 0.25) is 10.0 Å². The second-order valence-electron chi connectivity index (χ2n) is 3.39. The molecule has 0 amide bonds. The zero-order valence-electron chi connectivity index (χ0n) is 8.92. The first-order valence-electron chi connectivity index (χ1n) is 4.43. The second kappa shape index (κ2) is 5.03. The Morgan fingerprint density at radius 3 is 2.33 bits per heavy atom. The van der Waals surface area contributed by atoms with Crippen molar-refractivity contribution < 1.29 is 4.74 Å². The number of nitrogens with zero attached hydrogens (tertiary/aromatic N) is 1. The van der Waals surface area contributed by atoms with Crippen molar-refractivity contribution in [1.82, 2.24) is 4.90 Å². The Kier molecular flexibility index (Phi) is 4.22. The van der Waals surface area contributed by atoms with Gasteiger partial charge in [0, 0.05) is 5.56 Å². The van der Waals surface area contributed by atoms with Crippen molar-refractivity contribution in [3.8, 4) is 5.75 Å². The maximum atomic E-state index is 6.10. The van der Waals surface area contributed by atoms with Gasteiger partial charge in [-0.25, -0.2) is 0 Å². The van der Waals surface area contributed by atoms with Crippen molar-refractivity contribution in [3.05, 3.63) is 27.7 Å². The summed E-state index contributed by atoms with van der Waals surface area (Å²) in [6.07, 6.45) is -0.277. The average Bonchev–Trinajstić information content (AvgIpc) is 2.21. The van der Waals surface area contributed by atoms with E-state index in [2.05, 4.69) is 0 Å². The average molecular weight is 249 g/mol. The summed E-state index contributed by atoms with van der Waals surface area (Å²) in [5.74, 6) is 0.552. The number of hydrogen-bond donors (Lipinski definition) is 1. The molecule has 0 heterocycles. The van der Waals surface area contributed by atoms with Gasteiger partial charge in [-0.1, -0.05) is 29.3 Å². The number of nitrogens with two attached hydrogens (primary N) is 1. The summed E-state index contributed by atoms with van der Waals surface area (Å²) in [5.41, 5.74) is 6.73. The third-order valence-electron chi connectivity index (χ3n) is 2.17. The van der Waals surface area contributed by atoms with Gasteiger partial charge in [-0.2, -0.15) is 0 Å². The van der Waals surface area contributed by atoms with Crippen LogP contribution in [0.5, 0.6) is 5.75 Å². The third kappa shape index (κ3) is 2.55. The summed E-state index contributed by atoms with van der Waals surface area (Å²) in [5, 5.41) is 0.839. The molecule has 0 aliphatic rings. The molecule has 1 unspecified atom stereocenters. The molecule has 0 aliphatic heterocycles. The van der Waals surface area contributed by atoms with Crippen LogP contribution >= 0.6 is 23.2 Å². The second-order valence-corrected chi connectivity index (χ2v) is 4.15. The monoisotopic (exact) mass is 248 g/mol. The predicted octanol–water partition coefficient (Wildman–Crippen LogP) is 2.52. The summed E-state index contributed by atoms with van der Waals surface area (Å²) in [6, 6.07) is 3.57. The lowest BCUT2D eigenvalue weighted by Crippen LogP contribution is -2.27.